The molecule has 0 bridgehead atoms. The van der Waals surface area contributed by atoms with Crippen molar-refractivity contribution in [2.45, 2.75) is 6.92 Å². The van der Waals surface area contributed by atoms with Crippen LogP contribution in [0, 0.1) is 6.92 Å². The van der Waals surface area contributed by atoms with E-state index in [2.05, 4.69) is 0 Å². The number of nitrogen functional groups attached to an aromatic ring is 1. The molecule has 0 saturated heterocycles. The lowest BCUT2D eigenvalue weighted by molar-refractivity contribution is -0.135. The lowest BCUT2D eigenvalue weighted by atomic mass is 10.1. The zero-order chi connectivity index (χ0) is 15.4. The van der Waals surface area contributed by atoms with Crippen LogP contribution in [0.1, 0.15) is 15.9 Å². The number of anilines is 2. The Labute approximate surface area is 122 Å². The summed E-state index contributed by atoms with van der Waals surface area (Å²) in [6, 6.07) is 13.8. The number of nitrogens with zero attached hydrogens (tertiary/aromatic N) is 1. The molecule has 0 aromatic heterocycles. The Morgan fingerprint density at radius 1 is 1.10 bits per heavy atom. The van der Waals surface area contributed by atoms with Crippen molar-refractivity contribution in [2.24, 2.45) is 0 Å². The van der Waals surface area contributed by atoms with Gasteiger partial charge < -0.3 is 10.8 Å². The first-order chi connectivity index (χ1) is 10.0. The smallest absolute Gasteiger partial charge is 0.323 e. The van der Waals surface area contributed by atoms with Crippen molar-refractivity contribution in [3.8, 4) is 0 Å². The Morgan fingerprint density at radius 3 is 2.33 bits per heavy atom. The van der Waals surface area contributed by atoms with E-state index in [9.17, 15) is 9.59 Å². The minimum Gasteiger partial charge on any atom is -0.480 e. The predicted molar refractivity (Wildman–Crippen MR) is 81.3 cm³/mol. The molecule has 1 amide bonds. The van der Waals surface area contributed by atoms with E-state index in [0.717, 1.165) is 5.56 Å². The van der Waals surface area contributed by atoms with Gasteiger partial charge in [0.15, 0.2) is 0 Å². The van der Waals surface area contributed by atoms with Crippen LogP contribution >= 0.6 is 0 Å². The Hall–Kier alpha value is -2.82. The molecular weight excluding hydrogens is 268 g/mol. The van der Waals surface area contributed by atoms with Crippen LogP contribution in [0.25, 0.3) is 0 Å². The first kappa shape index (κ1) is 14.6. The van der Waals surface area contributed by atoms with E-state index in [0.29, 0.717) is 16.9 Å². The molecule has 21 heavy (non-hydrogen) atoms. The number of carboxylic acid groups (broad SMARTS) is 1. The summed E-state index contributed by atoms with van der Waals surface area (Å²) in [5, 5.41) is 9.07. The number of carbonyl (C=O) groups is 2. The molecule has 0 fully saturated rings. The molecule has 2 aromatic carbocycles. The highest BCUT2D eigenvalue weighted by molar-refractivity contribution is 6.10. The number of aryl methyl sites for hydroxylation is 1. The SMILES string of the molecule is Cc1ccccc1C(=O)N(CC(=O)O)c1ccccc1N. The monoisotopic (exact) mass is 284 g/mol. The van der Waals surface area contributed by atoms with E-state index < -0.39 is 12.5 Å². The fourth-order valence-electron chi connectivity index (χ4n) is 2.09. The molecule has 2 aromatic rings. The highest BCUT2D eigenvalue weighted by atomic mass is 16.4. The molecule has 0 saturated carbocycles. The van der Waals surface area contributed by atoms with Crippen LogP contribution in [0.15, 0.2) is 48.5 Å². The number of carbonyl (C=O) groups excluding carboxylic acids is 1. The van der Waals surface area contributed by atoms with Gasteiger partial charge in [-0.2, -0.15) is 0 Å². The molecule has 0 heterocycles. The molecule has 0 radical (unpaired) electrons. The molecule has 5 nitrogen and oxygen atoms in total. The second kappa shape index (κ2) is 6.09. The van der Waals surface area contributed by atoms with Gasteiger partial charge in [0, 0.05) is 5.56 Å². The summed E-state index contributed by atoms with van der Waals surface area (Å²) in [7, 11) is 0. The molecule has 0 aliphatic carbocycles. The average molecular weight is 284 g/mol. The minimum atomic E-state index is -1.10. The average Bonchev–Trinajstić information content (AvgIpc) is 2.45. The number of carboxylic acids is 1. The van der Waals surface area contributed by atoms with Gasteiger partial charge in [0.05, 0.1) is 11.4 Å². The van der Waals surface area contributed by atoms with Crippen molar-refractivity contribution in [3.05, 3.63) is 59.7 Å². The number of para-hydroxylation sites is 2. The second-order valence-corrected chi connectivity index (χ2v) is 4.66. The minimum absolute atomic E-state index is 0.362. The van der Waals surface area contributed by atoms with Crippen molar-refractivity contribution in [3.63, 3.8) is 0 Å². The first-order valence-electron chi connectivity index (χ1n) is 6.44. The second-order valence-electron chi connectivity index (χ2n) is 4.66. The van der Waals surface area contributed by atoms with Gasteiger partial charge in [-0.3, -0.25) is 14.5 Å². The van der Waals surface area contributed by atoms with E-state index >= 15 is 0 Å². The maximum absolute atomic E-state index is 12.7. The molecular formula is C16H16N2O3. The van der Waals surface area contributed by atoms with Crippen LogP contribution in [0.3, 0.4) is 0 Å². The third-order valence-corrected chi connectivity index (χ3v) is 3.14. The number of rotatable bonds is 4. The number of hydrogen-bond acceptors (Lipinski definition) is 3. The van der Waals surface area contributed by atoms with E-state index in [1.807, 2.05) is 6.07 Å². The normalized spacial score (nSPS) is 10.1. The van der Waals surface area contributed by atoms with Crippen molar-refractivity contribution in [2.75, 3.05) is 17.2 Å². The summed E-state index contributed by atoms with van der Waals surface area (Å²) in [6.45, 7) is 1.36. The van der Waals surface area contributed by atoms with E-state index in [-0.39, 0.29) is 5.91 Å². The van der Waals surface area contributed by atoms with Gasteiger partial charge >= 0.3 is 5.97 Å². The lowest BCUT2D eigenvalue weighted by Gasteiger charge is -2.23. The molecule has 108 valence electrons. The van der Waals surface area contributed by atoms with Gasteiger partial charge in [-0.05, 0) is 30.7 Å². The van der Waals surface area contributed by atoms with Crippen LogP contribution in [0.4, 0.5) is 11.4 Å². The maximum Gasteiger partial charge on any atom is 0.323 e. The standard InChI is InChI=1S/C16H16N2O3/c1-11-6-2-3-7-12(11)16(21)18(10-15(19)20)14-9-5-4-8-13(14)17/h2-9H,10,17H2,1H3,(H,19,20). The van der Waals surface area contributed by atoms with Crippen LogP contribution in [-0.4, -0.2) is 23.5 Å². The Kier molecular flexibility index (Phi) is 4.23. The summed E-state index contributed by atoms with van der Waals surface area (Å²) in [6.07, 6.45) is 0. The number of nitrogens with two attached hydrogens (primary N) is 1. The van der Waals surface area contributed by atoms with Crippen LogP contribution in [0.2, 0.25) is 0 Å². The Balaban J connectivity index is 2.46. The van der Waals surface area contributed by atoms with E-state index in [1.165, 1.54) is 4.90 Å². The number of benzene rings is 2. The molecule has 5 heteroatoms. The van der Waals surface area contributed by atoms with Crippen LogP contribution in [-0.2, 0) is 4.79 Å². The predicted octanol–water partition coefficient (Wildman–Crippen LogP) is 2.31. The zero-order valence-electron chi connectivity index (χ0n) is 11.6. The van der Waals surface area contributed by atoms with Gasteiger partial charge in [0.25, 0.3) is 5.91 Å². The van der Waals surface area contributed by atoms with Crippen molar-refractivity contribution < 1.29 is 14.7 Å². The fraction of sp³-hybridized carbons (Fsp3) is 0.125. The van der Waals surface area contributed by atoms with E-state index in [1.54, 1.807) is 49.4 Å². The lowest BCUT2D eigenvalue weighted by Crippen LogP contribution is -2.36. The van der Waals surface area contributed by atoms with Gasteiger partial charge in [-0.25, -0.2) is 0 Å². The highest BCUT2D eigenvalue weighted by Crippen LogP contribution is 2.24. The number of hydrogen-bond donors (Lipinski definition) is 2. The molecule has 0 aliphatic rings. The molecule has 0 unspecified atom stereocenters. The van der Waals surface area contributed by atoms with Crippen molar-refractivity contribution >= 4 is 23.3 Å². The summed E-state index contributed by atoms with van der Waals surface area (Å²) in [5.74, 6) is -1.48. The third kappa shape index (κ3) is 3.20. The van der Waals surface area contributed by atoms with Gasteiger partial charge in [0.1, 0.15) is 6.54 Å². The number of amides is 1. The Bertz CT molecular complexity index is 683. The summed E-state index contributed by atoms with van der Waals surface area (Å²) in [4.78, 5) is 24.9. The van der Waals surface area contributed by atoms with Crippen LogP contribution in [0.5, 0.6) is 0 Å². The van der Waals surface area contributed by atoms with Crippen molar-refractivity contribution in [1.82, 2.24) is 0 Å². The molecule has 3 N–H and O–H groups in total. The quantitative estimate of drug-likeness (QED) is 0.844. The molecule has 0 spiro atoms. The summed E-state index contributed by atoms with van der Waals surface area (Å²) < 4.78 is 0. The maximum atomic E-state index is 12.7. The van der Waals surface area contributed by atoms with Crippen LogP contribution < -0.4 is 10.6 Å². The van der Waals surface area contributed by atoms with Gasteiger partial charge in [-0.15, -0.1) is 0 Å². The van der Waals surface area contributed by atoms with E-state index in [4.69, 9.17) is 10.8 Å². The van der Waals surface area contributed by atoms with Gasteiger partial charge in [0.2, 0.25) is 0 Å². The zero-order valence-corrected chi connectivity index (χ0v) is 11.6. The summed E-state index contributed by atoms with van der Waals surface area (Å²) in [5.41, 5.74) is 7.87. The highest BCUT2D eigenvalue weighted by Gasteiger charge is 2.22. The molecule has 2 rings (SSSR count). The fourth-order valence-corrected chi connectivity index (χ4v) is 2.09. The van der Waals surface area contributed by atoms with Gasteiger partial charge in [-0.1, -0.05) is 30.3 Å². The van der Waals surface area contributed by atoms with Crippen molar-refractivity contribution in [1.29, 1.82) is 0 Å². The topological polar surface area (TPSA) is 83.6 Å². The Morgan fingerprint density at radius 2 is 1.71 bits per heavy atom. The third-order valence-electron chi connectivity index (χ3n) is 3.14. The largest absolute Gasteiger partial charge is 0.480 e. The molecule has 0 aliphatic heterocycles. The summed E-state index contributed by atoms with van der Waals surface area (Å²) >= 11 is 0. The number of aliphatic carboxylic acids is 1. The molecule has 0 atom stereocenters. The first-order valence-corrected chi connectivity index (χ1v) is 6.44.